The van der Waals surface area contributed by atoms with Crippen LogP contribution in [0.25, 0.3) is 0 Å². The molecule has 1 aromatic rings. The zero-order valence-electron chi connectivity index (χ0n) is 10.9. The summed E-state index contributed by atoms with van der Waals surface area (Å²) >= 11 is 7.21. The molecule has 2 aliphatic heterocycles. The van der Waals surface area contributed by atoms with E-state index in [0.29, 0.717) is 28.8 Å². The van der Waals surface area contributed by atoms with Crippen LogP contribution in [0.2, 0.25) is 5.02 Å². The van der Waals surface area contributed by atoms with Crippen LogP contribution in [0.15, 0.2) is 29.3 Å². The number of nitrogens with zero attached hydrogens (tertiary/aromatic N) is 2. The zero-order valence-corrected chi connectivity index (χ0v) is 14.2. The van der Waals surface area contributed by atoms with E-state index in [0.717, 1.165) is 0 Å². The summed E-state index contributed by atoms with van der Waals surface area (Å²) in [5.41, 5.74) is -0.698. The molecule has 0 radical (unpaired) electrons. The molecule has 1 saturated heterocycles. The Balaban J connectivity index is 0.00000161. The Morgan fingerprint density at radius 2 is 2.14 bits per heavy atom. The number of amidine groups is 1. The van der Waals surface area contributed by atoms with Gasteiger partial charge in [0.25, 0.3) is 0 Å². The van der Waals surface area contributed by atoms with Crippen molar-refractivity contribution in [2.45, 2.75) is 17.4 Å². The number of carbonyl (C=O) groups is 1. The lowest BCUT2D eigenvalue weighted by Gasteiger charge is -2.35. The smallest absolute Gasteiger partial charge is 0.304 e. The van der Waals surface area contributed by atoms with Crippen molar-refractivity contribution in [3.8, 4) is 0 Å². The van der Waals surface area contributed by atoms with Crippen LogP contribution in [0, 0.1) is 0 Å². The number of thioether (sulfide) groups is 1. The predicted molar refractivity (Wildman–Crippen MR) is 88.3 cm³/mol. The number of carboxylic acid groups (broad SMARTS) is 1. The van der Waals surface area contributed by atoms with Crippen LogP contribution in [0.4, 0.5) is 0 Å². The molecule has 0 bridgehead atoms. The largest absolute Gasteiger partial charge is 0.481 e. The molecule has 0 aliphatic carbocycles. The highest BCUT2D eigenvalue weighted by atomic mass is 79.9. The van der Waals surface area contributed by atoms with Gasteiger partial charge in [0.05, 0.1) is 18.2 Å². The molecule has 2 unspecified atom stereocenters. The van der Waals surface area contributed by atoms with Crippen LogP contribution in [0.5, 0.6) is 0 Å². The third-order valence-corrected chi connectivity index (χ3v) is 5.13. The molecule has 0 spiro atoms. The van der Waals surface area contributed by atoms with E-state index < -0.39 is 16.9 Å². The molecule has 1 aromatic carbocycles. The zero-order chi connectivity index (χ0) is 14.3. The molecule has 5 nitrogen and oxygen atoms in total. The molecular weight excluding hydrogens is 380 g/mol. The number of aliphatic carboxylic acids is 1. The van der Waals surface area contributed by atoms with E-state index >= 15 is 0 Å². The second-order valence-electron chi connectivity index (χ2n) is 4.75. The van der Waals surface area contributed by atoms with Gasteiger partial charge in [-0.15, -0.1) is 17.0 Å². The summed E-state index contributed by atoms with van der Waals surface area (Å²) in [6.07, 6.45) is -0.126. The van der Waals surface area contributed by atoms with Gasteiger partial charge in [-0.3, -0.25) is 9.79 Å². The Morgan fingerprint density at radius 1 is 1.48 bits per heavy atom. The average Bonchev–Trinajstić information content (AvgIpc) is 2.94. The Bertz CT molecular complexity index is 583. The number of fused-ring (bicyclic) bond motifs is 1. The maximum absolute atomic E-state index is 11.2. The second kappa shape index (κ2) is 6.16. The lowest BCUT2D eigenvalue weighted by Crippen LogP contribution is -2.48. The molecule has 2 aliphatic rings. The summed E-state index contributed by atoms with van der Waals surface area (Å²) < 4.78 is 0. The molecule has 0 saturated carbocycles. The fraction of sp³-hybridized carbons (Fsp3) is 0.385. The molecule has 2 atom stereocenters. The minimum atomic E-state index is -1.34. The Kier molecular flexibility index (Phi) is 4.87. The lowest BCUT2D eigenvalue weighted by atomic mass is 9.95. The first-order valence-corrected chi connectivity index (χ1v) is 7.46. The predicted octanol–water partition coefficient (Wildman–Crippen LogP) is 2.32. The Labute approximate surface area is 141 Å². The average molecular weight is 394 g/mol. The number of carboxylic acids is 1. The van der Waals surface area contributed by atoms with Crippen LogP contribution in [0.1, 0.15) is 12.0 Å². The summed E-state index contributed by atoms with van der Waals surface area (Å²) in [7, 11) is 0. The van der Waals surface area contributed by atoms with E-state index in [2.05, 4.69) is 4.99 Å². The maximum Gasteiger partial charge on any atom is 0.304 e. The van der Waals surface area contributed by atoms with E-state index in [1.807, 2.05) is 0 Å². The van der Waals surface area contributed by atoms with Gasteiger partial charge < -0.3 is 15.1 Å². The van der Waals surface area contributed by atoms with Crippen LogP contribution >= 0.6 is 40.3 Å². The van der Waals surface area contributed by atoms with Crippen LogP contribution < -0.4 is 0 Å². The van der Waals surface area contributed by atoms with Gasteiger partial charge in [0.15, 0.2) is 10.9 Å². The summed E-state index contributed by atoms with van der Waals surface area (Å²) in [5, 5.41) is 21.0. The minimum Gasteiger partial charge on any atom is -0.481 e. The number of halogens is 2. The van der Waals surface area contributed by atoms with Crippen molar-refractivity contribution >= 4 is 51.5 Å². The SMILES string of the molecule is Br.O=C(O)CC1SC2=NCCN2C1(O)c1ccc(Cl)cc1. The molecule has 2 N–H and O–H groups in total. The normalized spacial score (nSPS) is 27.0. The first kappa shape index (κ1) is 16.6. The van der Waals surface area contributed by atoms with Crippen molar-refractivity contribution in [3.05, 3.63) is 34.9 Å². The topological polar surface area (TPSA) is 73.1 Å². The molecule has 0 amide bonds. The first-order chi connectivity index (χ1) is 9.51. The molecule has 3 rings (SSSR count). The highest BCUT2D eigenvalue weighted by Crippen LogP contribution is 2.47. The van der Waals surface area contributed by atoms with Gasteiger partial charge >= 0.3 is 5.97 Å². The minimum absolute atomic E-state index is 0. The van der Waals surface area contributed by atoms with E-state index in [1.165, 1.54) is 11.8 Å². The van der Waals surface area contributed by atoms with E-state index in [1.54, 1.807) is 29.2 Å². The van der Waals surface area contributed by atoms with E-state index in [-0.39, 0.29) is 23.4 Å². The van der Waals surface area contributed by atoms with E-state index in [9.17, 15) is 9.90 Å². The number of rotatable bonds is 3. The number of aliphatic imine (C=N–C) groups is 1. The maximum atomic E-state index is 11.2. The van der Waals surface area contributed by atoms with Crippen molar-refractivity contribution in [1.29, 1.82) is 0 Å². The van der Waals surface area contributed by atoms with Crippen molar-refractivity contribution < 1.29 is 15.0 Å². The van der Waals surface area contributed by atoms with Gasteiger partial charge in [0.1, 0.15) is 0 Å². The Morgan fingerprint density at radius 3 is 2.76 bits per heavy atom. The third kappa shape index (κ3) is 2.79. The monoisotopic (exact) mass is 392 g/mol. The van der Waals surface area contributed by atoms with Crippen LogP contribution in [0.3, 0.4) is 0 Å². The highest BCUT2D eigenvalue weighted by Gasteiger charge is 2.54. The second-order valence-corrected chi connectivity index (χ2v) is 6.36. The fourth-order valence-corrected chi connectivity index (χ4v) is 4.16. The molecule has 2 heterocycles. The summed E-state index contributed by atoms with van der Waals surface area (Å²) in [5.74, 6) is -0.934. The van der Waals surface area contributed by atoms with Gasteiger partial charge in [-0.2, -0.15) is 0 Å². The molecule has 1 fully saturated rings. The van der Waals surface area contributed by atoms with Crippen molar-refractivity contribution in [2.24, 2.45) is 4.99 Å². The van der Waals surface area contributed by atoms with Gasteiger partial charge in [-0.1, -0.05) is 35.5 Å². The molecule has 8 heteroatoms. The number of hydrogen-bond acceptors (Lipinski definition) is 5. The molecular formula is C13H14BrClN2O3S. The quantitative estimate of drug-likeness (QED) is 0.824. The summed E-state index contributed by atoms with van der Waals surface area (Å²) in [4.78, 5) is 17.2. The number of benzene rings is 1. The highest BCUT2D eigenvalue weighted by molar-refractivity contribution is 8.93. The van der Waals surface area contributed by atoms with Gasteiger partial charge in [0.2, 0.25) is 0 Å². The van der Waals surface area contributed by atoms with E-state index in [4.69, 9.17) is 16.7 Å². The molecule has 21 heavy (non-hydrogen) atoms. The van der Waals surface area contributed by atoms with Crippen LogP contribution in [-0.4, -0.2) is 44.6 Å². The molecule has 0 aromatic heterocycles. The van der Waals surface area contributed by atoms with Gasteiger partial charge in [-0.05, 0) is 12.1 Å². The summed E-state index contributed by atoms with van der Waals surface area (Å²) in [6.45, 7) is 1.22. The van der Waals surface area contributed by atoms with Crippen molar-refractivity contribution in [1.82, 2.24) is 4.90 Å². The summed E-state index contributed by atoms with van der Waals surface area (Å²) in [6, 6.07) is 6.86. The number of hydrogen-bond donors (Lipinski definition) is 2. The molecule has 114 valence electrons. The lowest BCUT2D eigenvalue weighted by molar-refractivity contribution is -0.140. The third-order valence-electron chi connectivity index (χ3n) is 3.54. The van der Waals surface area contributed by atoms with Gasteiger partial charge in [0, 0.05) is 17.1 Å². The fourth-order valence-electron chi connectivity index (χ4n) is 2.61. The van der Waals surface area contributed by atoms with Crippen molar-refractivity contribution in [2.75, 3.05) is 13.1 Å². The standard InChI is InChI=1S/C13H13ClN2O3S.BrH/c14-9-3-1-8(2-4-9)13(19)10(7-11(17)18)20-12-15-5-6-16(12)13;/h1-4,10,19H,5-7H2,(H,17,18);1H. The number of aliphatic hydroxyl groups is 1. The van der Waals surface area contributed by atoms with Crippen LogP contribution in [-0.2, 0) is 10.5 Å². The van der Waals surface area contributed by atoms with Crippen molar-refractivity contribution in [3.63, 3.8) is 0 Å². The van der Waals surface area contributed by atoms with Gasteiger partial charge in [-0.25, -0.2) is 0 Å². The Hall–Kier alpha value is -0.760. The first-order valence-electron chi connectivity index (χ1n) is 6.21.